The Bertz CT molecular complexity index is 831. The Morgan fingerprint density at radius 1 is 1.20 bits per heavy atom. The van der Waals surface area contributed by atoms with Crippen molar-refractivity contribution in [2.24, 2.45) is 5.92 Å². The molecule has 9 heteroatoms. The number of ether oxygens (including phenoxy) is 1. The highest BCUT2D eigenvalue weighted by molar-refractivity contribution is 5.93. The topological polar surface area (TPSA) is 108 Å². The fraction of sp³-hybridized carbons (Fsp3) is 0.714. The Labute approximate surface area is 176 Å². The molecule has 1 aromatic heterocycles. The van der Waals surface area contributed by atoms with Gasteiger partial charge in [-0.25, -0.2) is 4.98 Å². The molecule has 3 fully saturated rings. The molecule has 0 spiro atoms. The summed E-state index contributed by atoms with van der Waals surface area (Å²) in [6.45, 7) is 5.71. The number of aryl methyl sites for hydroxylation is 1. The van der Waals surface area contributed by atoms with E-state index in [1.807, 2.05) is 4.90 Å². The van der Waals surface area contributed by atoms with E-state index in [9.17, 15) is 14.4 Å². The lowest BCUT2D eigenvalue weighted by atomic mass is 10.1. The molecule has 2 aliphatic heterocycles. The number of H-pyrrole nitrogens is 1. The van der Waals surface area contributed by atoms with Crippen LogP contribution in [0.3, 0.4) is 0 Å². The first kappa shape index (κ1) is 21.0. The summed E-state index contributed by atoms with van der Waals surface area (Å²) in [4.78, 5) is 48.1. The summed E-state index contributed by atoms with van der Waals surface area (Å²) < 4.78 is 5.35. The van der Waals surface area contributed by atoms with E-state index in [2.05, 4.69) is 20.2 Å². The maximum absolute atomic E-state index is 12.8. The summed E-state index contributed by atoms with van der Waals surface area (Å²) in [5.74, 6) is 0.983. The smallest absolute Gasteiger partial charge is 0.263 e. The highest BCUT2D eigenvalue weighted by atomic mass is 16.5. The molecule has 9 nitrogen and oxygen atoms in total. The summed E-state index contributed by atoms with van der Waals surface area (Å²) >= 11 is 0. The Kier molecular flexibility index (Phi) is 6.48. The van der Waals surface area contributed by atoms with Crippen molar-refractivity contribution in [3.63, 3.8) is 0 Å². The number of carbonyl (C=O) groups excluding carboxylic acids is 2. The van der Waals surface area contributed by atoms with Crippen molar-refractivity contribution in [2.75, 3.05) is 39.4 Å². The van der Waals surface area contributed by atoms with Gasteiger partial charge in [0.15, 0.2) is 0 Å². The van der Waals surface area contributed by atoms with Gasteiger partial charge in [0.2, 0.25) is 5.91 Å². The van der Waals surface area contributed by atoms with E-state index in [1.54, 1.807) is 6.92 Å². The van der Waals surface area contributed by atoms with Crippen molar-refractivity contribution in [2.45, 2.75) is 51.1 Å². The van der Waals surface area contributed by atoms with Crippen LogP contribution < -0.4 is 10.9 Å². The number of carbonyl (C=O) groups is 2. The van der Waals surface area contributed by atoms with Gasteiger partial charge in [-0.05, 0) is 38.5 Å². The van der Waals surface area contributed by atoms with Crippen molar-refractivity contribution in [3.8, 4) is 0 Å². The van der Waals surface area contributed by atoms with Gasteiger partial charge in [-0.2, -0.15) is 0 Å². The molecular formula is C21H31N5O4. The molecule has 1 saturated carbocycles. The average Bonchev–Trinajstić information content (AvgIpc) is 3.48. The molecule has 0 radical (unpaired) electrons. The molecule has 2 saturated heterocycles. The number of aromatic amines is 1. The van der Waals surface area contributed by atoms with Crippen molar-refractivity contribution < 1.29 is 14.3 Å². The van der Waals surface area contributed by atoms with Gasteiger partial charge in [0.1, 0.15) is 11.4 Å². The first-order valence-corrected chi connectivity index (χ1v) is 11.0. The molecule has 3 aliphatic rings. The van der Waals surface area contributed by atoms with Crippen LogP contribution in [0.2, 0.25) is 0 Å². The van der Waals surface area contributed by atoms with Gasteiger partial charge in [0.05, 0.1) is 13.2 Å². The molecule has 0 bridgehead atoms. The van der Waals surface area contributed by atoms with Crippen molar-refractivity contribution >= 4 is 11.8 Å². The summed E-state index contributed by atoms with van der Waals surface area (Å²) in [5.41, 5.74) is -0.387. The van der Waals surface area contributed by atoms with E-state index in [0.29, 0.717) is 51.0 Å². The standard InChI is InChI=1S/C21H31N5O4/c1-14-22-12-18(21(29)24-14)20(28)23-11-17-5-4-16(26(17)13-15-2-3-15)10-19(27)25-6-8-30-9-7-25/h12,15-17H,2-11,13H2,1H3,(H,23,28)(H,22,24,29)/t16-,17+/m1/s1. The number of nitrogens with zero attached hydrogens (tertiary/aromatic N) is 3. The summed E-state index contributed by atoms with van der Waals surface area (Å²) in [6, 6.07) is 0.404. The van der Waals surface area contributed by atoms with Crippen LogP contribution in [0.25, 0.3) is 0 Å². The third-order valence-electron chi connectivity index (χ3n) is 6.38. The van der Waals surface area contributed by atoms with Crippen LogP contribution in [0.5, 0.6) is 0 Å². The van der Waals surface area contributed by atoms with E-state index in [0.717, 1.165) is 19.4 Å². The molecule has 1 aliphatic carbocycles. The zero-order chi connectivity index (χ0) is 21.1. The molecule has 1 aromatic rings. The molecule has 2 amide bonds. The van der Waals surface area contributed by atoms with Crippen LogP contribution in [0.4, 0.5) is 0 Å². The minimum absolute atomic E-state index is 0.0337. The third-order valence-corrected chi connectivity index (χ3v) is 6.38. The van der Waals surface area contributed by atoms with Gasteiger partial charge in [-0.3, -0.25) is 19.3 Å². The SMILES string of the molecule is Cc1ncc(C(=O)NC[C@@H]2CC[C@H](CC(=O)N3CCOCC3)N2CC2CC2)c(=O)[nH]1. The number of rotatable bonds is 7. The van der Waals surface area contributed by atoms with E-state index in [-0.39, 0.29) is 23.6 Å². The molecule has 3 heterocycles. The van der Waals surface area contributed by atoms with E-state index < -0.39 is 11.5 Å². The van der Waals surface area contributed by atoms with Gasteiger partial charge in [0.25, 0.3) is 11.5 Å². The van der Waals surface area contributed by atoms with Crippen LogP contribution in [-0.4, -0.2) is 83.1 Å². The monoisotopic (exact) mass is 417 g/mol. The van der Waals surface area contributed by atoms with Crippen LogP contribution in [0, 0.1) is 12.8 Å². The normalized spacial score (nSPS) is 24.8. The van der Waals surface area contributed by atoms with Crippen molar-refractivity contribution in [3.05, 3.63) is 27.9 Å². The van der Waals surface area contributed by atoms with Crippen LogP contribution >= 0.6 is 0 Å². The van der Waals surface area contributed by atoms with Gasteiger partial charge in [-0.1, -0.05) is 0 Å². The first-order valence-electron chi connectivity index (χ1n) is 11.0. The molecule has 164 valence electrons. The van der Waals surface area contributed by atoms with Gasteiger partial charge in [-0.15, -0.1) is 0 Å². The maximum atomic E-state index is 12.8. The number of likely N-dealkylation sites (tertiary alicyclic amines) is 1. The number of aromatic nitrogens is 2. The van der Waals surface area contributed by atoms with Gasteiger partial charge < -0.3 is 19.9 Å². The fourth-order valence-electron chi connectivity index (χ4n) is 4.44. The predicted molar refractivity (Wildman–Crippen MR) is 110 cm³/mol. The number of nitrogens with one attached hydrogen (secondary N) is 2. The number of hydrogen-bond donors (Lipinski definition) is 2. The molecular weight excluding hydrogens is 386 g/mol. The highest BCUT2D eigenvalue weighted by Gasteiger charge is 2.38. The second-order valence-corrected chi connectivity index (χ2v) is 8.64. The number of hydrogen-bond acceptors (Lipinski definition) is 6. The van der Waals surface area contributed by atoms with Crippen LogP contribution in [0.15, 0.2) is 11.0 Å². The number of morpholine rings is 1. The van der Waals surface area contributed by atoms with Crippen LogP contribution in [0.1, 0.15) is 48.3 Å². The molecule has 4 rings (SSSR count). The van der Waals surface area contributed by atoms with E-state index >= 15 is 0 Å². The maximum Gasteiger partial charge on any atom is 0.263 e. The zero-order valence-electron chi connectivity index (χ0n) is 17.6. The van der Waals surface area contributed by atoms with E-state index in [1.165, 1.54) is 19.0 Å². The molecule has 2 N–H and O–H groups in total. The predicted octanol–water partition coefficient (Wildman–Crippen LogP) is 0.300. The molecule has 30 heavy (non-hydrogen) atoms. The fourth-order valence-corrected chi connectivity index (χ4v) is 4.44. The Balaban J connectivity index is 1.35. The summed E-state index contributed by atoms with van der Waals surface area (Å²) in [6.07, 6.45) is 6.23. The van der Waals surface area contributed by atoms with Crippen molar-refractivity contribution in [1.29, 1.82) is 0 Å². The molecule has 2 atom stereocenters. The molecule has 0 unspecified atom stereocenters. The van der Waals surface area contributed by atoms with E-state index in [4.69, 9.17) is 4.74 Å². The van der Waals surface area contributed by atoms with Gasteiger partial charge in [0, 0.05) is 50.9 Å². The molecule has 0 aromatic carbocycles. The largest absolute Gasteiger partial charge is 0.378 e. The third kappa shape index (κ3) is 5.07. The lowest BCUT2D eigenvalue weighted by Gasteiger charge is -2.33. The Hall–Kier alpha value is -2.26. The Morgan fingerprint density at radius 2 is 1.93 bits per heavy atom. The minimum Gasteiger partial charge on any atom is -0.378 e. The minimum atomic E-state index is -0.421. The lowest BCUT2D eigenvalue weighted by molar-refractivity contribution is -0.136. The zero-order valence-corrected chi connectivity index (χ0v) is 17.6. The highest BCUT2D eigenvalue weighted by Crippen LogP contribution is 2.35. The first-order chi connectivity index (χ1) is 14.5. The Morgan fingerprint density at radius 3 is 2.63 bits per heavy atom. The summed E-state index contributed by atoms with van der Waals surface area (Å²) in [7, 11) is 0. The second kappa shape index (κ2) is 9.26. The average molecular weight is 418 g/mol. The van der Waals surface area contributed by atoms with Gasteiger partial charge >= 0.3 is 0 Å². The second-order valence-electron chi connectivity index (χ2n) is 8.64. The van der Waals surface area contributed by atoms with Crippen molar-refractivity contribution in [1.82, 2.24) is 25.1 Å². The van der Waals surface area contributed by atoms with Crippen LogP contribution in [-0.2, 0) is 9.53 Å². The quantitative estimate of drug-likeness (QED) is 0.661. The summed E-state index contributed by atoms with van der Waals surface area (Å²) in [5, 5.41) is 2.91. The lowest BCUT2D eigenvalue weighted by Crippen LogP contribution is -2.47. The number of amides is 2.